The molecule has 11 heteroatoms. The van der Waals surface area contributed by atoms with Crippen molar-refractivity contribution in [1.82, 2.24) is 19.1 Å². The fourth-order valence-electron chi connectivity index (χ4n) is 3.85. The van der Waals surface area contributed by atoms with Crippen LogP contribution in [-0.4, -0.2) is 74.0 Å². The van der Waals surface area contributed by atoms with Crippen molar-refractivity contribution in [2.45, 2.75) is 38.3 Å². The number of amides is 1. The Hall–Kier alpha value is -2.47. The van der Waals surface area contributed by atoms with Crippen molar-refractivity contribution in [2.75, 3.05) is 45.9 Å². The number of rotatable bonds is 10. The predicted octanol–water partition coefficient (Wildman–Crippen LogP) is 0.970. The molecule has 0 bridgehead atoms. The third-order valence-electron chi connectivity index (χ3n) is 5.68. The lowest BCUT2D eigenvalue weighted by molar-refractivity contribution is -0.122. The molecule has 0 saturated carbocycles. The molecule has 33 heavy (non-hydrogen) atoms. The van der Waals surface area contributed by atoms with Gasteiger partial charge in [-0.3, -0.25) is 14.5 Å². The van der Waals surface area contributed by atoms with Gasteiger partial charge in [0, 0.05) is 45.0 Å². The molecule has 1 amide bonds. The van der Waals surface area contributed by atoms with Crippen LogP contribution < -0.4 is 10.9 Å². The lowest BCUT2D eigenvalue weighted by Crippen LogP contribution is -2.44. The first-order valence-electron chi connectivity index (χ1n) is 11.1. The number of nitrogens with zero attached hydrogens (tertiary/aromatic N) is 3. The Morgan fingerprint density at radius 3 is 2.45 bits per heavy atom. The highest BCUT2D eigenvalue weighted by Gasteiger charge is 2.26. The summed E-state index contributed by atoms with van der Waals surface area (Å²) in [6, 6.07) is 6.06. The van der Waals surface area contributed by atoms with Gasteiger partial charge in [-0.2, -0.15) is 4.31 Å². The van der Waals surface area contributed by atoms with Gasteiger partial charge in [0.1, 0.15) is 18.1 Å². The van der Waals surface area contributed by atoms with Crippen LogP contribution in [0.4, 0.5) is 0 Å². The van der Waals surface area contributed by atoms with Gasteiger partial charge in [-0.1, -0.05) is 13.8 Å². The van der Waals surface area contributed by atoms with Gasteiger partial charge in [-0.25, -0.2) is 8.42 Å². The van der Waals surface area contributed by atoms with Crippen LogP contribution in [0.1, 0.15) is 31.4 Å². The smallest absolute Gasteiger partial charge is 0.251 e. The average molecular weight is 481 g/mol. The minimum Gasteiger partial charge on any atom is -0.465 e. The Morgan fingerprint density at radius 1 is 1.15 bits per heavy atom. The fraction of sp³-hybridized carbons (Fsp3) is 0.545. The molecule has 3 heterocycles. The molecule has 1 unspecified atom stereocenters. The standard InChI is InChI=1S/C22H32N4O6S/c1-4-26(5-2)33(29,30)18-7-9-22(28)25(15-18)16-21(27)23-14-19(20-8-6-17(3)32-20)24-10-12-31-13-11-24/h6-9,15,19H,4-5,10-14,16H2,1-3H3,(H,23,27). The Kier molecular flexibility index (Phi) is 8.46. The number of pyridine rings is 1. The Balaban J connectivity index is 1.72. The second kappa shape index (κ2) is 11.1. The molecular formula is C22H32N4O6S. The van der Waals surface area contributed by atoms with Gasteiger partial charge >= 0.3 is 0 Å². The van der Waals surface area contributed by atoms with Gasteiger partial charge in [0.25, 0.3) is 5.56 Å². The van der Waals surface area contributed by atoms with E-state index in [1.807, 2.05) is 19.1 Å². The molecule has 182 valence electrons. The summed E-state index contributed by atoms with van der Waals surface area (Å²) < 4.78 is 39.2. The summed E-state index contributed by atoms with van der Waals surface area (Å²) in [5.41, 5.74) is -0.449. The van der Waals surface area contributed by atoms with Crippen molar-refractivity contribution in [3.63, 3.8) is 0 Å². The molecule has 10 nitrogen and oxygen atoms in total. The lowest BCUT2D eigenvalue weighted by atomic mass is 10.1. The van der Waals surface area contributed by atoms with E-state index < -0.39 is 21.5 Å². The molecule has 1 aliphatic heterocycles. The number of carbonyl (C=O) groups is 1. The fourth-order valence-corrected chi connectivity index (χ4v) is 5.33. The van der Waals surface area contributed by atoms with Crippen LogP contribution >= 0.6 is 0 Å². The molecule has 2 aromatic heterocycles. The summed E-state index contributed by atoms with van der Waals surface area (Å²) in [5.74, 6) is 1.14. The van der Waals surface area contributed by atoms with E-state index >= 15 is 0 Å². The third-order valence-corrected chi connectivity index (χ3v) is 7.72. The van der Waals surface area contributed by atoms with Crippen molar-refractivity contribution in [1.29, 1.82) is 0 Å². The van der Waals surface area contributed by atoms with Crippen LogP contribution in [0.15, 0.2) is 44.6 Å². The van der Waals surface area contributed by atoms with E-state index in [1.54, 1.807) is 13.8 Å². The number of morpholine rings is 1. The third kappa shape index (κ3) is 6.11. The summed E-state index contributed by atoms with van der Waals surface area (Å²) in [4.78, 5) is 27.1. The van der Waals surface area contributed by atoms with Crippen molar-refractivity contribution < 1.29 is 22.4 Å². The summed E-state index contributed by atoms with van der Waals surface area (Å²) in [5, 5.41) is 2.87. The maximum atomic E-state index is 12.8. The second-order valence-corrected chi connectivity index (χ2v) is 9.77. The first-order chi connectivity index (χ1) is 15.8. The van der Waals surface area contributed by atoms with Crippen molar-refractivity contribution in [3.05, 3.63) is 52.3 Å². The van der Waals surface area contributed by atoms with Gasteiger partial charge in [0.05, 0.1) is 24.2 Å². The summed E-state index contributed by atoms with van der Waals surface area (Å²) >= 11 is 0. The number of aryl methyl sites for hydroxylation is 1. The number of hydrogen-bond donors (Lipinski definition) is 1. The number of furan rings is 1. The van der Waals surface area contributed by atoms with Gasteiger partial charge in [-0.15, -0.1) is 0 Å². The maximum Gasteiger partial charge on any atom is 0.251 e. The number of sulfonamides is 1. The normalized spacial score (nSPS) is 16.1. The quantitative estimate of drug-likeness (QED) is 0.539. The number of aromatic nitrogens is 1. The molecule has 1 fully saturated rings. The molecule has 1 aliphatic rings. The molecule has 1 N–H and O–H groups in total. The molecular weight excluding hydrogens is 448 g/mol. The number of ether oxygens (including phenoxy) is 1. The molecule has 0 aliphatic carbocycles. The van der Waals surface area contributed by atoms with Gasteiger partial charge < -0.3 is 19.0 Å². The van der Waals surface area contributed by atoms with Crippen LogP contribution in [0.5, 0.6) is 0 Å². The van der Waals surface area contributed by atoms with E-state index in [1.165, 1.54) is 22.6 Å². The predicted molar refractivity (Wildman–Crippen MR) is 122 cm³/mol. The van der Waals surface area contributed by atoms with Crippen LogP contribution in [0.25, 0.3) is 0 Å². The van der Waals surface area contributed by atoms with E-state index in [0.29, 0.717) is 39.4 Å². The average Bonchev–Trinajstić information content (AvgIpc) is 3.22. The Bertz CT molecular complexity index is 1100. The molecule has 2 aromatic rings. The van der Waals surface area contributed by atoms with Gasteiger partial charge in [0.15, 0.2) is 0 Å². The largest absolute Gasteiger partial charge is 0.465 e. The highest BCUT2D eigenvalue weighted by molar-refractivity contribution is 7.89. The Morgan fingerprint density at radius 2 is 1.85 bits per heavy atom. The number of hydrogen-bond acceptors (Lipinski definition) is 7. The summed E-state index contributed by atoms with van der Waals surface area (Å²) in [6.07, 6.45) is 1.23. The number of nitrogens with one attached hydrogen (secondary N) is 1. The van der Waals surface area contributed by atoms with E-state index in [4.69, 9.17) is 9.15 Å². The minimum atomic E-state index is -3.74. The molecule has 0 spiro atoms. The van der Waals surface area contributed by atoms with Crippen molar-refractivity contribution in [3.8, 4) is 0 Å². The first kappa shape index (κ1) is 25.2. The van der Waals surface area contributed by atoms with Crippen LogP contribution in [0.3, 0.4) is 0 Å². The van der Waals surface area contributed by atoms with Crippen LogP contribution in [0, 0.1) is 6.92 Å². The summed E-state index contributed by atoms with van der Waals surface area (Å²) in [6.45, 7) is 8.62. The zero-order valence-corrected chi connectivity index (χ0v) is 20.1. The van der Waals surface area contributed by atoms with Crippen LogP contribution in [0.2, 0.25) is 0 Å². The first-order valence-corrected chi connectivity index (χ1v) is 12.6. The van der Waals surface area contributed by atoms with E-state index in [9.17, 15) is 18.0 Å². The second-order valence-electron chi connectivity index (χ2n) is 7.84. The highest BCUT2D eigenvalue weighted by Crippen LogP contribution is 2.23. The molecule has 1 atom stereocenters. The van der Waals surface area contributed by atoms with E-state index in [0.717, 1.165) is 16.1 Å². The molecule has 0 radical (unpaired) electrons. The topological polar surface area (TPSA) is 114 Å². The highest BCUT2D eigenvalue weighted by atomic mass is 32.2. The number of carbonyl (C=O) groups excluding carboxylic acids is 1. The Labute approximate surface area is 194 Å². The summed E-state index contributed by atoms with van der Waals surface area (Å²) in [7, 11) is -3.74. The van der Waals surface area contributed by atoms with Crippen molar-refractivity contribution in [2.24, 2.45) is 0 Å². The zero-order chi connectivity index (χ0) is 24.0. The molecule has 3 rings (SSSR count). The maximum absolute atomic E-state index is 12.8. The molecule has 1 saturated heterocycles. The van der Waals surface area contributed by atoms with Crippen LogP contribution in [-0.2, 0) is 26.1 Å². The SMILES string of the molecule is CCN(CC)S(=O)(=O)c1ccc(=O)n(CC(=O)NCC(c2ccc(C)o2)N2CCOCC2)c1. The lowest BCUT2D eigenvalue weighted by Gasteiger charge is -2.33. The zero-order valence-electron chi connectivity index (χ0n) is 19.3. The monoisotopic (exact) mass is 480 g/mol. The van der Waals surface area contributed by atoms with Gasteiger partial charge in [-0.05, 0) is 25.1 Å². The van der Waals surface area contributed by atoms with E-state index in [2.05, 4.69) is 10.2 Å². The van der Waals surface area contributed by atoms with E-state index in [-0.39, 0.29) is 24.0 Å². The van der Waals surface area contributed by atoms with Gasteiger partial charge in [0.2, 0.25) is 15.9 Å². The minimum absolute atomic E-state index is 0.0177. The molecule has 0 aromatic carbocycles. The van der Waals surface area contributed by atoms with Crippen molar-refractivity contribution >= 4 is 15.9 Å².